The van der Waals surface area contributed by atoms with E-state index in [1.54, 1.807) is 0 Å². The van der Waals surface area contributed by atoms with Crippen molar-refractivity contribution < 1.29 is 14.3 Å². The molecule has 24 heavy (non-hydrogen) atoms. The first kappa shape index (κ1) is 18.1. The van der Waals surface area contributed by atoms with Crippen LogP contribution in [0.3, 0.4) is 0 Å². The fourth-order valence-electron chi connectivity index (χ4n) is 2.71. The molecule has 0 aliphatic heterocycles. The summed E-state index contributed by atoms with van der Waals surface area (Å²) in [6, 6.07) is 6.56. The quantitative estimate of drug-likeness (QED) is 0.642. The third-order valence-corrected chi connectivity index (χ3v) is 4.51. The molecule has 1 aliphatic carbocycles. The van der Waals surface area contributed by atoms with Crippen molar-refractivity contribution in [3.63, 3.8) is 0 Å². The van der Waals surface area contributed by atoms with Crippen LogP contribution in [0.5, 0.6) is 0 Å². The van der Waals surface area contributed by atoms with Gasteiger partial charge in [-0.25, -0.2) is 4.79 Å². The monoisotopic (exact) mass is 349 g/mol. The predicted octanol–water partition coefficient (Wildman–Crippen LogP) is 2.81. The Morgan fingerprint density at radius 3 is 2.62 bits per heavy atom. The van der Waals surface area contributed by atoms with Crippen LogP contribution in [0.25, 0.3) is 0 Å². The largest absolute Gasteiger partial charge is 0.449 e. The second-order valence-corrected chi connectivity index (χ2v) is 6.43. The van der Waals surface area contributed by atoms with E-state index in [0.29, 0.717) is 17.9 Å². The second kappa shape index (κ2) is 7.54. The smallest absolute Gasteiger partial charge is 0.338 e. The summed E-state index contributed by atoms with van der Waals surface area (Å²) >= 11 is 5.81. The van der Waals surface area contributed by atoms with Gasteiger partial charge in [-0.1, -0.05) is 30.9 Å². The number of nitrogens with one attached hydrogen (secondary N) is 1. The average molecular weight is 350 g/mol. The Bertz CT molecular complexity index is 678. The number of esters is 1. The van der Waals surface area contributed by atoms with Crippen LogP contribution in [0.1, 0.15) is 49.4 Å². The van der Waals surface area contributed by atoms with Crippen LogP contribution in [-0.4, -0.2) is 23.5 Å². The van der Waals surface area contributed by atoms with E-state index in [1.165, 1.54) is 25.1 Å². The standard InChI is InChI=1S/C17H20ClN3O3/c1-11(15(22)21-17(10-19)7-3-2-4-8-17)24-16(23)12-5-6-13(18)14(20)9-12/h5-6,9,11H,2-4,7-8,20H2,1H3,(H,21,22). The van der Waals surface area contributed by atoms with Crippen molar-refractivity contribution in [2.75, 3.05) is 5.73 Å². The highest BCUT2D eigenvalue weighted by Gasteiger charge is 2.35. The van der Waals surface area contributed by atoms with Crippen molar-refractivity contribution in [3.05, 3.63) is 28.8 Å². The first-order valence-corrected chi connectivity index (χ1v) is 8.24. The summed E-state index contributed by atoms with van der Waals surface area (Å²) in [6.07, 6.45) is 3.06. The van der Waals surface area contributed by atoms with Gasteiger partial charge in [-0.15, -0.1) is 0 Å². The van der Waals surface area contributed by atoms with E-state index in [9.17, 15) is 14.9 Å². The first-order chi connectivity index (χ1) is 11.4. The van der Waals surface area contributed by atoms with E-state index in [-0.39, 0.29) is 11.3 Å². The maximum Gasteiger partial charge on any atom is 0.338 e. The number of hydrogen-bond acceptors (Lipinski definition) is 5. The summed E-state index contributed by atoms with van der Waals surface area (Å²) < 4.78 is 5.17. The van der Waals surface area contributed by atoms with Gasteiger partial charge in [0.2, 0.25) is 0 Å². The van der Waals surface area contributed by atoms with E-state index in [0.717, 1.165) is 19.3 Å². The molecule has 1 unspecified atom stereocenters. The number of hydrogen-bond donors (Lipinski definition) is 2. The molecular formula is C17H20ClN3O3. The first-order valence-electron chi connectivity index (χ1n) is 7.86. The van der Waals surface area contributed by atoms with Crippen LogP contribution in [-0.2, 0) is 9.53 Å². The Balaban J connectivity index is 1.99. The van der Waals surface area contributed by atoms with Gasteiger partial charge in [-0.05, 0) is 38.0 Å². The fourth-order valence-corrected chi connectivity index (χ4v) is 2.83. The zero-order valence-electron chi connectivity index (χ0n) is 13.5. The van der Waals surface area contributed by atoms with E-state index in [1.807, 2.05) is 0 Å². The highest BCUT2D eigenvalue weighted by atomic mass is 35.5. The highest BCUT2D eigenvalue weighted by Crippen LogP contribution is 2.27. The Kier molecular flexibility index (Phi) is 5.68. The zero-order chi connectivity index (χ0) is 17.7. The maximum atomic E-state index is 12.3. The lowest BCUT2D eigenvalue weighted by Gasteiger charge is -2.32. The van der Waals surface area contributed by atoms with Crippen molar-refractivity contribution in [3.8, 4) is 6.07 Å². The SMILES string of the molecule is CC(OC(=O)c1ccc(Cl)c(N)c1)C(=O)NC1(C#N)CCCCC1. The van der Waals surface area contributed by atoms with Gasteiger partial charge in [0.25, 0.3) is 5.91 Å². The number of nitrogen functional groups attached to an aromatic ring is 1. The summed E-state index contributed by atoms with van der Waals surface area (Å²) in [5, 5.41) is 12.5. The third kappa shape index (κ3) is 4.18. The Hall–Kier alpha value is -2.26. The molecule has 1 aliphatic rings. The summed E-state index contributed by atoms with van der Waals surface area (Å²) in [7, 11) is 0. The van der Waals surface area contributed by atoms with Crippen LogP contribution in [0, 0.1) is 11.3 Å². The third-order valence-electron chi connectivity index (χ3n) is 4.17. The van der Waals surface area contributed by atoms with Crippen molar-refractivity contribution in [1.29, 1.82) is 5.26 Å². The van der Waals surface area contributed by atoms with Gasteiger partial charge < -0.3 is 15.8 Å². The normalized spacial score (nSPS) is 17.4. The zero-order valence-corrected chi connectivity index (χ0v) is 14.2. The number of nitrogens with zero attached hydrogens (tertiary/aromatic N) is 1. The lowest BCUT2D eigenvalue weighted by atomic mass is 9.83. The number of halogens is 1. The van der Waals surface area contributed by atoms with Crippen LogP contribution >= 0.6 is 11.6 Å². The summed E-state index contributed by atoms with van der Waals surface area (Å²) in [6.45, 7) is 1.47. The number of nitriles is 1. The van der Waals surface area contributed by atoms with Crippen LogP contribution in [0.2, 0.25) is 5.02 Å². The topological polar surface area (TPSA) is 105 Å². The average Bonchev–Trinajstić information content (AvgIpc) is 2.58. The molecule has 0 heterocycles. The molecule has 1 amide bonds. The van der Waals surface area contributed by atoms with E-state index in [4.69, 9.17) is 22.1 Å². The van der Waals surface area contributed by atoms with Gasteiger partial charge in [0, 0.05) is 0 Å². The van der Waals surface area contributed by atoms with Crippen molar-refractivity contribution in [2.45, 2.75) is 50.7 Å². The van der Waals surface area contributed by atoms with Gasteiger partial charge in [-0.2, -0.15) is 5.26 Å². The lowest BCUT2D eigenvalue weighted by molar-refractivity contribution is -0.130. The van der Waals surface area contributed by atoms with E-state index >= 15 is 0 Å². The van der Waals surface area contributed by atoms with E-state index in [2.05, 4.69) is 11.4 Å². The molecule has 3 N–H and O–H groups in total. The molecule has 6 nitrogen and oxygen atoms in total. The number of amides is 1. The predicted molar refractivity (Wildman–Crippen MR) is 90.3 cm³/mol. The van der Waals surface area contributed by atoms with E-state index < -0.39 is 23.5 Å². The molecular weight excluding hydrogens is 330 g/mol. The number of ether oxygens (including phenoxy) is 1. The van der Waals surface area contributed by atoms with Crippen molar-refractivity contribution in [2.24, 2.45) is 0 Å². The van der Waals surface area contributed by atoms with Crippen LogP contribution in [0.4, 0.5) is 5.69 Å². The molecule has 0 saturated heterocycles. The minimum Gasteiger partial charge on any atom is -0.449 e. The summed E-state index contributed by atoms with van der Waals surface area (Å²) in [5.41, 5.74) is 5.26. The Labute approximate surface area is 145 Å². The molecule has 1 saturated carbocycles. The van der Waals surface area contributed by atoms with Crippen molar-refractivity contribution in [1.82, 2.24) is 5.32 Å². The number of carbonyl (C=O) groups excluding carboxylic acids is 2. The number of nitrogens with two attached hydrogens (primary N) is 1. The Morgan fingerprint density at radius 2 is 2.04 bits per heavy atom. The number of rotatable bonds is 4. The molecule has 1 fully saturated rings. The van der Waals surface area contributed by atoms with Gasteiger partial charge in [-0.3, -0.25) is 4.79 Å². The van der Waals surface area contributed by atoms with Crippen LogP contribution < -0.4 is 11.1 Å². The molecule has 2 rings (SSSR count). The molecule has 7 heteroatoms. The second-order valence-electron chi connectivity index (χ2n) is 6.03. The molecule has 128 valence electrons. The molecule has 1 aromatic rings. The van der Waals surface area contributed by atoms with Gasteiger partial charge in [0.15, 0.2) is 6.10 Å². The number of anilines is 1. The minimum atomic E-state index is -1.01. The number of benzene rings is 1. The van der Waals surface area contributed by atoms with Gasteiger partial charge >= 0.3 is 5.97 Å². The molecule has 0 bridgehead atoms. The molecule has 0 spiro atoms. The highest BCUT2D eigenvalue weighted by molar-refractivity contribution is 6.33. The fraction of sp³-hybridized carbons (Fsp3) is 0.471. The van der Waals surface area contributed by atoms with Crippen molar-refractivity contribution >= 4 is 29.2 Å². The van der Waals surface area contributed by atoms with Crippen LogP contribution in [0.15, 0.2) is 18.2 Å². The minimum absolute atomic E-state index is 0.212. The lowest BCUT2D eigenvalue weighted by Crippen LogP contribution is -2.52. The maximum absolute atomic E-state index is 12.3. The summed E-state index contributed by atoms with van der Waals surface area (Å²) in [4.78, 5) is 24.4. The Morgan fingerprint density at radius 1 is 1.38 bits per heavy atom. The van der Waals surface area contributed by atoms with Gasteiger partial charge in [0.1, 0.15) is 5.54 Å². The molecule has 0 aromatic heterocycles. The molecule has 1 aromatic carbocycles. The molecule has 1 atom stereocenters. The van der Waals surface area contributed by atoms with Gasteiger partial charge in [0.05, 0.1) is 22.3 Å². The summed E-state index contributed by atoms with van der Waals surface area (Å²) in [5.74, 6) is -1.15. The molecule has 0 radical (unpaired) electrons. The number of carbonyl (C=O) groups is 2.